The van der Waals surface area contributed by atoms with Gasteiger partial charge < -0.3 is 20.1 Å². The van der Waals surface area contributed by atoms with Crippen molar-refractivity contribution in [2.75, 3.05) is 5.32 Å². The van der Waals surface area contributed by atoms with Gasteiger partial charge in [-0.2, -0.15) is 13.2 Å². The monoisotopic (exact) mass is 609 g/mol. The third kappa shape index (κ3) is 6.21. The Kier molecular flexibility index (Phi) is 8.30. The highest BCUT2D eigenvalue weighted by atomic mass is 19.4. The van der Waals surface area contributed by atoms with Gasteiger partial charge in [0.1, 0.15) is 28.9 Å². The van der Waals surface area contributed by atoms with Crippen molar-refractivity contribution in [3.05, 3.63) is 119 Å². The smallest absolute Gasteiger partial charge is 0.418 e. The second-order valence-corrected chi connectivity index (χ2v) is 9.92. The molecule has 0 fully saturated rings. The van der Waals surface area contributed by atoms with Crippen LogP contribution in [0.25, 0.3) is 16.9 Å². The van der Waals surface area contributed by atoms with Gasteiger partial charge in [-0.25, -0.2) is 18.6 Å². The van der Waals surface area contributed by atoms with Gasteiger partial charge >= 0.3 is 12.1 Å². The average Bonchev–Trinajstić information content (AvgIpc) is 3.47. The molecule has 0 aliphatic rings. The minimum atomic E-state index is -4.69. The van der Waals surface area contributed by atoms with E-state index in [2.05, 4.69) is 20.6 Å². The van der Waals surface area contributed by atoms with Crippen LogP contribution in [0.3, 0.4) is 0 Å². The number of aromatic nitrogens is 3. The number of aliphatic carboxylic acids is 1. The van der Waals surface area contributed by atoms with Gasteiger partial charge in [0, 0.05) is 48.0 Å². The predicted octanol–water partition coefficient (Wildman–Crippen LogP) is 6.29. The summed E-state index contributed by atoms with van der Waals surface area (Å²) >= 11 is 0. The lowest BCUT2D eigenvalue weighted by molar-refractivity contribution is -0.139. The molecule has 13 heteroatoms. The fourth-order valence-corrected chi connectivity index (χ4v) is 4.86. The molecule has 0 bridgehead atoms. The van der Waals surface area contributed by atoms with Gasteiger partial charge in [-0.3, -0.25) is 9.78 Å². The van der Waals surface area contributed by atoms with Crippen LogP contribution in [0, 0.1) is 11.6 Å². The number of rotatable bonds is 9. The zero-order valence-electron chi connectivity index (χ0n) is 22.9. The summed E-state index contributed by atoms with van der Waals surface area (Å²) in [6.45, 7) is 1.79. The Hall–Kier alpha value is -5.33. The summed E-state index contributed by atoms with van der Waals surface area (Å²) in [5, 5.41) is 14.9. The van der Waals surface area contributed by atoms with E-state index in [9.17, 15) is 36.6 Å². The molecule has 3 heterocycles. The van der Waals surface area contributed by atoms with E-state index in [4.69, 9.17) is 0 Å². The highest BCUT2D eigenvalue weighted by molar-refractivity contribution is 5.97. The van der Waals surface area contributed by atoms with Crippen LogP contribution < -0.4 is 10.6 Å². The minimum Gasteiger partial charge on any atom is -0.480 e. The first kappa shape index (κ1) is 30.1. The second kappa shape index (κ2) is 12.1. The molecular weight excluding hydrogens is 585 g/mol. The quantitative estimate of drug-likeness (QED) is 0.170. The van der Waals surface area contributed by atoms with E-state index in [0.717, 1.165) is 29.8 Å². The number of halogens is 5. The van der Waals surface area contributed by atoms with Crippen molar-refractivity contribution in [3.63, 3.8) is 0 Å². The maximum atomic E-state index is 15.0. The normalized spacial score (nSPS) is 13.0. The van der Waals surface area contributed by atoms with Crippen molar-refractivity contribution < 1.29 is 36.6 Å². The number of fused-ring (bicyclic) bond motifs is 1. The molecule has 0 aliphatic heterocycles. The summed E-state index contributed by atoms with van der Waals surface area (Å²) < 4.78 is 72.3. The Morgan fingerprint density at radius 2 is 1.66 bits per heavy atom. The number of imidazole rings is 1. The number of hydrogen-bond donors (Lipinski definition) is 3. The Balaban J connectivity index is 1.38. The first-order chi connectivity index (χ1) is 20.9. The number of nitrogens with zero attached hydrogens (tertiary/aromatic N) is 3. The first-order valence-corrected chi connectivity index (χ1v) is 13.3. The number of benzene rings is 2. The number of anilines is 1. The molecule has 2 aromatic carbocycles. The minimum absolute atomic E-state index is 0.0435. The van der Waals surface area contributed by atoms with E-state index in [0.29, 0.717) is 0 Å². The lowest BCUT2D eigenvalue weighted by Crippen LogP contribution is -2.43. The van der Waals surface area contributed by atoms with Crippen molar-refractivity contribution in [3.8, 4) is 11.3 Å². The van der Waals surface area contributed by atoms with Gasteiger partial charge in [0.15, 0.2) is 0 Å². The number of hydrogen-bond acceptors (Lipinski definition) is 5. The lowest BCUT2D eigenvalue weighted by atomic mass is 10.0. The van der Waals surface area contributed by atoms with Gasteiger partial charge in [0.2, 0.25) is 0 Å². The molecule has 2 atom stereocenters. The Morgan fingerprint density at radius 3 is 2.32 bits per heavy atom. The molecule has 3 aromatic heterocycles. The number of alkyl halides is 3. The van der Waals surface area contributed by atoms with E-state index in [-0.39, 0.29) is 40.7 Å². The van der Waals surface area contributed by atoms with Crippen LogP contribution in [0.4, 0.5) is 27.6 Å². The number of carboxylic acid groups (broad SMARTS) is 1. The van der Waals surface area contributed by atoms with Crippen molar-refractivity contribution >= 4 is 23.2 Å². The van der Waals surface area contributed by atoms with Crippen molar-refractivity contribution in [2.24, 2.45) is 0 Å². The third-order valence-electron chi connectivity index (χ3n) is 6.97. The summed E-state index contributed by atoms with van der Waals surface area (Å²) in [6.07, 6.45) is -1.15. The largest absolute Gasteiger partial charge is 0.480 e. The van der Waals surface area contributed by atoms with Gasteiger partial charge in [-0.1, -0.05) is 30.3 Å². The Labute approximate surface area is 247 Å². The van der Waals surface area contributed by atoms with Crippen LogP contribution in [0.15, 0.2) is 85.3 Å². The Bertz CT molecular complexity index is 1820. The maximum Gasteiger partial charge on any atom is 0.418 e. The molecule has 8 nitrogen and oxygen atoms in total. The van der Waals surface area contributed by atoms with Gasteiger partial charge in [-0.05, 0) is 48.9 Å². The number of carbonyl (C=O) groups excluding carboxylic acids is 1. The number of carboxylic acids is 1. The van der Waals surface area contributed by atoms with Gasteiger partial charge in [0.25, 0.3) is 5.91 Å². The molecule has 226 valence electrons. The number of carbonyl (C=O) groups is 2. The fraction of sp³-hybridized carbons (Fsp3) is 0.161. The summed E-state index contributed by atoms with van der Waals surface area (Å²) in [5.74, 6) is -5.20. The van der Waals surface area contributed by atoms with Crippen molar-refractivity contribution in [2.45, 2.75) is 31.6 Å². The molecule has 5 aromatic rings. The number of amides is 1. The molecule has 1 amide bonds. The Morgan fingerprint density at radius 1 is 0.955 bits per heavy atom. The molecule has 3 N–H and O–H groups in total. The number of nitrogens with one attached hydrogen (secondary N) is 2. The zero-order chi connectivity index (χ0) is 31.6. The van der Waals surface area contributed by atoms with Crippen LogP contribution in [0.1, 0.15) is 40.1 Å². The molecule has 44 heavy (non-hydrogen) atoms. The fourth-order valence-electron chi connectivity index (χ4n) is 4.86. The molecule has 0 unspecified atom stereocenters. The topological polar surface area (TPSA) is 109 Å². The molecular formula is C31H24F5N5O3. The van der Waals surface area contributed by atoms with E-state index in [1.807, 2.05) is 30.3 Å². The van der Waals surface area contributed by atoms with Crippen LogP contribution in [0.5, 0.6) is 0 Å². The van der Waals surface area contributed by atoms with E-state index >= 15 is 0 Å². The molecule has 0 saturated carbocycles. The highest BCUT2D eigenvalue weighted by Crippen LogP contribution is 2.37. The van der Waals surface area contributed by atoms with Crippen LogP contribution in [0.2, 0.25) is 0 Å². The van der Waals surface area contributed by atoms with Crippen LogP contribution >= 0.6 is 0 Å². The van der Waals surface area contributed by atoms with Crippen LogP contribution in [-0.2, 0) is 17.4 Å². The van der Waals surface area contributed by atoms with Gasteiger partial charge in [-0.15, -0.1) is 0 Å². The molecule has 5 rings (SSSR count). The zero-order valence-corrected chi connectivity index (χ0v) is 22.9. The summed E-state index contributed by atoms with van der Waals surface area (Å²) in [7, 11) is 0. The number of pyridine rings is 2. The average molecular weight is 610 g/mol. The second-order valence-electron chi connectivity index (χ2n) is 9.92. The van der Waals surface area contributed by atoms with Crippen LogP contribution in [-0.4, -0.2) is 37.4 Å². The van der Waals surface area contributed by atoms with Crippen molar-refractivity contribution in [1.29, 1.82) is 0 Å². The van der Waals surface area contributed by atoms with E-state index in [1.54, 1.807) is 6.92 Å². The summed E-state index contributed by atoms with van der Waals surface area (Å²) in [6, 6.07) is 13.8. The molecule has 0 saturated heterocycles. The van der Waals surface area contributed by atoms with Gasteiger partial charge in [0.05, 0.1) is 11.3 Å². The SMILES string of the molecule is C[C@H](Nc1cc(F)c(C(=O)N[C@@H](Cc2ccc(-c3ncccc3C(F)(F)F)c3nccn23)C(=O)O)c(F)c1)c1ccccc1. The third-order valence-corrected chi connectivity index (χ3v) is 6.97. The maximum absolute atomic E-state index is 15.0. The predicted molar refractivity (Wildman–Crippen MR) is 151 cm³/mol. The van der Waals surface area contributed by atoms with E-state index < -0.39 is 46.9 Å². The first-order valence-electron chi connectivity index (χ1n) is 13.3. The molecule has 0 aliphatic carbocycles. The lowest BCUT2D eigenvalue weighted by Gasteiger charge is -2.19. The molecule has 0 spiro atoms. The standard InChI is InChI=1S/C31H24F5N5O3/c1-17(18-6-3-2-4-7-18)39-19-14-23(32)26(24(33)15-19)29(42)40-25(30(43)44)16-20-9-10-21(28-38-12-13-41(20)28)27-22(31(34,35)36)8-5-11-37-27/h2-15,17,25,39H,16H2,1H3,(H,40,42)(H,43,44)/t17-,25-/m0/s1. The summed E-state index contributed by atoms with van der Waals surface area (Å²) in [5.41, 5.74) is -1.02. The van der Waals surface area contributed by atoms with Crippen molar-refractivity contribution in [1.82, 2.24) is 19.7 Å². The van der Waals surface area contributed by atoms with E-state index in [1.165, 1.54) is 35.1 Å². The summed E-state index contributed by atoms with van der Waals surface area (Å²) in [4.78, 5) is 33.0. The highest BCUT2D eigenvalue weighted by Gasteiger charge is 2.35. The molecule has 0 radical (unpaired) electrons.